The van der Waals surface area contributed by atoms with Gasteiger partial charge < -0.3 is 15.0 Å². The number of rotatable bonds is 7. The van der Waals surface area contributed by atoms with Gasteiger partial charge in [-0.1, -0.05) is 12.1 Å². The number of halogens is 2. The average molecular weight is 464 g/mol. The highest BCUT2D eigenvalue weighted by atomic mass is 127. The largest absolute Gasteiger partial charge is 0.379 e. The summed E-state index contributed by atoms with van der Waals surface area (Å²) >= 11 is 0. The van der Waals surface area contributed by atoms with Crippen LogP contribution in [0.2, 0.25) is 0 Å². The van der Waals surface area contributed by atoms with Crippen molar-refractivity contribution >= 4 is 29.9 Å². The van der Waals surface area contributed by atoms with E-state index in [1.54, 1.807) is 19.2 Å². The smallest absolute Gasteiger partial charge is 0.193 e. The van der Waals surface area contributed by atoms with Crippen LogP contribution in [0.15, 0.2) is 29.3 Å². The molecule has 0 aromatic heterocycles. The summed E-state index contributed by atoms with van der Waals surface area (Å²) in [5.74, 6) is 0.637. The fraction of sp³-hybridized carbons (Fsp3) is 0.611. The summed E-state index contributed by atoms with van der Waals surface area (Å²) in [6.07, 6.45) is 2.27. The number of ether oxygens (including phenoxy) is 1. The molecule has 1 heterocycles. The molecule has 1 aromatic carbocycles. The first-order valence-corrected chi connectivity index (χ1v) is 8.65. The van der Waals surface area contributed by atoms with Crippen molar-refractivity contribution in [2.75, 3.05) is 53.5 Å². The molecule has 0 unspecified atom stereocenters. The Hall–Kier alpha value is -0.930. The van der Waals surface area contributed by atoms with Crippen molar-refractivity contribution in [1.82, 2.24) is 15.1 Å². The first-order chi connectivity index (χ1) is 11.7. The number of unbranched alkanes of at least 4 members (excludes halogenated alkanes) is 1. The minimum atomic E-state index is -0.202. The average Bonchev–Trinajstić information content (AvgIpc) is 2.59. The predicted octanol–water partition coefficient (Wildman–Crippen LogP) is 2.56. The van der Waals surface area contributed by atoms with Crippen LogP contribution in [-0.4, -0.2) is 69.2 Å². The fourth-order valence-corrected chi connectivity index (χ4v) is 2.85. The van der Waals surface area contributed by atoms with Crippen LogP contribution in [0.5, 0.6) is 0 Å². The third kappa shape index (κ3) is 8.33. The number of guanidine groups is 1. The quantitative estimate of drug-likeness (QED) is 0.292. The molecule has 1 aromatic rings. The zero-order valence-corrected chi connectivity index (χ0v) is 17.5. The Morgan fingerprint density at radius 1 is 1.32 bits per heavy atom. The van der Waals surface area contributed by atoms with E-state index in [1.807, 2.05) is 18.0 Å². The monoisotopic (exact) mass is 464 g/mol. The van der Waals surface area contributed by atoms with E-state index < -0.39 is 0 Å². The molecule has 0 bridgehead atoms. The number of morpholine rings is 1. The summed E-state index contributed by atoms with van der Waals surface area (Å²) in [6.45, 7) is 6.46. The summed E-state index contributed by atoms with van der Waals surface area (Å²) in [6, 6.07) is 6.69. The molecular formula is C18H30FIN4O. The molecule has 5 nitrogen and oxygen atoms in total. The van der Waals surface area contributed by atoms with E-state index in [2.05, 4.69) is 15.2 Å². The van der Waals surface area contributed by atoms with Crippen LogP contribution in [0.3, 0.4) is 0 Å². The Labute approximate surface area is 167 Å². The summed E-state index contributed by atoms with van der Waals surface area (Å²) in [7, 11) is 3.74. The second kappa shape index (κ2) is 12.4. The van der Waals surface area contributed by atoms with Crippen LogP contribution < -0.4 is 5.32 Å². The molecule has 0 radical (unpaired) electrons. The lowest BCUT2D eigenvalue weighted by Gasteiger charge is -2.26. The SMILES string of the molecule is CN=C(NCCCCN1CCOCC1)N(C)Cc1cccc(F)c1.I. The lowest BCUT2D eigenvalue weighted by atomic mass is 10.2. The number of aliphatic imine (C=N–C) groups is 1. The van der Waals surface area contributed by atoms with E-state index in [9.17, 15) is 4.39 Å². The second-order valence-corrected chi connectivity index (χ2v) is 6.12. The van der Waals surface area contributed by atoms with Crippen molar-refractivity contribution in [1.29, 1.82) is 0 Å². The van der Waals surface area contributed by atoms with Crippen molar-refractivity contribution < 1.29 is 9.13 Å². The van der Waals surface area contributed by atoms with E-state index in [1.165, 1.54) is 6.07 Å². The van der Waals surface area contributed by atoms with Crippen LogP contribution in [0, 0.1) is 5.82 Å². The second-order valence-electron chi connectivity index (χ2n) is 6.12. The summed E-state index contributed by atoms with van der Waals surface area (Å²) in [5.41, 5.74) is 0.938. The van der Waals surface area contributed by atoms with Crippen LogP contribution in [0.25, 0.3) is 0 Å². The van der Waals surface area contributed by atoms with Crippen molar-refractivity contribution in [2.24, 2.45) is 4.99 Å². The molecule has 142 valence electrons. The van der Waals surface area contributed by atoms with Gasteiger partial charge in [0, 0.05) is 40.3 Å². The van der Waals surface area contributed by atoms with Crippen LogP contribution in [-0.2, 0) is 11.3 Å². The third-order valence-corrected chi connectivity index (χ3v) is 4.17. The van der Waals surface area contributed by atoms with Gasteiger partial charge in [0.15, 0.2) is 5.96 Å². The number of benzene rings is 1. The van der Waals surface area contributed by atoms with Gasteiger partial charge in [-0.2, -0.15) is 0 Å². The molecule has 2 rings (SSSR count). The zero-order valence-electron chi connectivity index (χ0n) is 15.2. The van der Waals surface area contributed by atoms with Crippen molar-refractivity contribution in [3.05, 3.63) is 35.6 Å². The molecule has 1 aliphatic rings. The molecule has 0 atom stereocenters. The fourth-order valence-electron chi connectivity index (χ4n) is 2.85. The maximum atomic E-state index is 13.3. The molecule has 1 aliphatic heterocycles. The van der Waals surface area contributed by atoms with Crippen LogP contribution >= 0.6 is 24.0 Å². The molecule has 1 fully saturated rings. The standard InChI is InChI=1S/C18H29FN4O.HI/c1-20-18(22(2)15-16-6-5-7-17(19)14-16)21-8-3-4-9-23-10-12-24-13-11-23;/h5-7,14H,3-4,8-13,15H2,1-2H3,(H,20,21);1H. The van der Waals surface area contributed by atoms with Gasteiger partial charge in [0.1, 0.15) is 5.82 Å². The molecule has 0 saturated carbocycles. The molecule has 1 saturated heterocycles. The van der Waals surface area contributed by atoms with Gasteiger partial charge in [0.25, 0.3) is 0 Å². The highest BCUT2D eigenvalue weighted by Gasteiger charge is 2.10. The first kappa shape index (κ1) is 22.1. The number of nitrogens with zero attached hydrogens (tertiary/aromatic N) is 3. The summed E-state index contributed by atoms with van der Waals surface area (Å²) < 4.78 is 18.6. The van der Waals surface area contributed by atoms with E-state index in [0.29, 0.717) is 6.54 Å². The third-order valence-electron chi connectivity index (χ3n) is 4.17. The van der Waals surface area contributed by atoms with Gasteiger partial charge >= 0.3 is 0 Å². The van der Waals surface area contributed by atoms with Gasteiger partial charge in [0.2, 0.25) is 0 Å². The summed E-state index contributed by atoms with van der Waals surface area (Å²) in [5, 5.41) is 3.38. The van der Waals surface area contributed by atoms with E-state index in [0.717, 1.165) is 63.8 Å². The molecule has 0 amide bonds. The van der Waals surface area contributed by atoms with Crippen LogP contribution in [0.4, 0.5) is 4.39 Å². The number of hydrogen-bond donors (Lipinski definition) is 1. The van der Waals surface area contributed by atoms with Gasteiger partial charge in [0.05, 0.1) is 13.2 Å². The number of nitrogens with one attached hydrogen (secondary N) is 1. The Kier molecular flexibility index (Phi) is 11.0. The van der Waals surface area contributed by atoms with Crippen LogP contribution in [0.1, 0.15) is 18.4 Å². The molecular weight excluding hydrogens is 434 g/mol. The Bertz CT molecular complexity index is 524. The highest BCUT2D eigenvalue weighted by molar-refractivity contribution is 14.0. The zero-order chi connectivity index (χ0) is 17.2. The Morgan fingerprint density at radius 2 is 2.08 bits per heavy atom. The lowest BCUT2D eigenvalue weighted by Crippen LogP contribution is -2.39. The number of hydrogen-bond acceptors (Lipinski definition) is 3. The van der Waals surface area contributed by atoms with Crippen molar-refractivity contribution in [3.63, 3.8) is 0 Å². The van der Waals surface area contributed by atoms with Gasteiger partial charge in [-0.05, 0) is 37.1 Å². The minimum absolute atomic E-state index is 0. The summed E-state index contributed by atoms with van der Waals surface area (Å²) in [4.78, 5) is 8.77. The molecule has 25 heavy (non-hydrogen) atoms. The van der Waals surface area contributed by atoms with E-state index in [4.69, 9.17) is 4.74 Å². The van der Waals surface area contributed by atoms with Crippen molar-refractivity contribution in [3.8, 4) is 0 Å². The van der Waals surface area contributed by atoms with Crippen molar-refractivity contribution in [2.45, 2.75) is 19.4 Å². The first-order valence-electron chi connectivity index (χ1n) is 8.65. The molecule has 0 aliphatic carbocycles. The van der Waals surface area contributed by atoms with Gasteiger partial charge in [-0.15, -0.1) is 24.0 Å². The normalized spacial score (nSPS) is 15.6. The Morgan fingerprint density at radius 3 is 2.76 bits per heavy atom. The topological polar surface area (TPSA) is 40.1 Å². The van der Waals surface area contributed by atoms with E-state index in [-0.39, 0.29) is 29.8 Å². The maximum Gasteiger partial charge on any atom is 0.193 e. The van der Waals surface area contributed by atoms with Gasteiger partial charge in [-0.25, -0.2) is 4.39 Å². The Balaban J connectivity index is 0.00000312. The lowest BCUT2D eigenvalue weighted by molar-refractivity contribution is 0.0372. The molecule has 0 spiro atoms. The molecule has 7 heteroatoms. The molecule has 1 N–H and O–H groups in total. The maximum absolute atomic E-state index is 13.3. The minimum Gasteiger partial charge on any atom is -0.379 e. The van der Waals surface area contributed by atoms with Gasteiger partial charge in [-0.3, -0.25) is 9.89 Å². The van der Waals surface area contributed by atoms with E-state index >= 15 is 0 Å². The predicted molar refractivity (Wildman–Crippen MR) is 111 cm³/mol. The highest BCUT2D eigenvalue weighted by Crippen LogP contribution is 2.06.